The summed E-state index contributed by atoms with van der Waals surface area (Å²) in [6, 6.07) is 0. The second-order valence-electron chi connectivity index (χ2n) is 5.78. The van der Waals surface area contributed by atoms with E-state index in [9.17, 15) is 8.42 Å². The molecule has 0 aromatic carbocycles. The lowest BCUT2D eigenvalue weighted by atomic mass is 9.78. The quantitative estimate of drug-likeness (QED) is 0.774. The Labute approximate surface area is 106 Å². The van der Waals surface area contributed by atoms with Gasteiger partial charge in [-0.2, -0.15) is 0 Å². The van der Waals surface area contributed by atoms with Gasteiger partial charge in [-0.1, -0.05) is 25.7 Å². The van der Waals surface area contributed by atoms with Crippen LogP contribution in [-0.2, 0) is 9.84 Å². The highest BCUT2D eigenvalue weighted by atomic mass is 32.2. The molecule has 0 bridgehead atoms. The van der Waals surface area contributed by atoms with Crippen LogP contribution in [0, 0.1) is 5.41 Å². The average Bonchev–Trinajstić information content (AvgIpc) is 2.52. The second kappa shape index (κ2) is 6.19. The third kappa shape index (κ3) is 4.25. The minimum absolute atomic E-state index is 0.0957. The molecule has 1 aliphatic rings. The van der Waals surface area contributed by atoms with Crippen molar-refractivity contribution in [3.63, 3.8) is 0 Å². The summed E-state index contributed by atoms with van der Waals surface area (Å²) < 4.78 is 23.8. The summed E-state index contributed by atoms with van der Waals surface area (Å²) in [6.07, 6.45) is 7.94. The first-order valence-electron chi connectivity index (χ1n) is 6.83. The SMILES string of the molecule is CC(C)S(=O)(=O)CCC1(CN)CCCCCC1. The first kappa shape index (κ1) is 15.0. The van der Waals surface area contributed by atoms with Crippen LogP contribution < -0.4 is 5.73 Å². The number of rotatable bonds is 5. The minimum Gasteiger partial charge on any atom is -0.330 e. The van der Waals surface area contributed by atoms with Crippen LogP contribution in [0.2, 0.25) is 0 Å². The van der Waals surface area contributed by atoms with E-state index in [2.05, 4.69) is 0 Å². The molecular weight excluding hydrogens is 234 g/mol. The maximum absolute atomic E-state index is 11.9. The molecule has 1 rings (SSSR count). The van der Waals surface area contributed by atoms with Crippen LogP contribution in [0.25, 0.3) is 0 Å². The van der Waals surface area contributed by atoms with E-state index in [-0.39, 0.29) is 10.7 Å². The first-order valence-corrected chi connectivity index (χ1v) is 8.55. The zero-order valence-corrected chi connectivity index (χ0v) is 12.1. The Morgan fingerprint density at radius 2 is 1.65 bits per heavy atom. The van der Waals surface area contributed by atoms with Crippen molar-refractivity contribution in [2.75, 3.05) is 12.3 Å². The maximum atomic E-state index is 11.9. The van der Waals surface area contributed by atoms with Crippen LogP contribution in [0.3, 0.4) is 0 Å². The standard InChI is InChI=1S/C13H27NO2S/c1-12(2)17(15,16)10-9-13(11-14)7-5-3-4-6-8-13/h12H,3-11,14H2,1-2H3. The van der Waals surface area contributed by atoms with E-state index in [1.54, 1.807) is 13.8 Å². The van der Waals surface area contributed by atoms with Gasteiger partial charge in [0.05, 0.1) is 11.0 Å². The van der Waals surface area contributed by atoms with Gasteiger partial charge in [-0.25, -0.2) is 8.42 Å². The summed E-state index contributed by atoms with van der Waals surface area (Å²) in [5, 5.41) is -0.261. The maximum Gasteiger partial charge on any atom is 0.152 e. The van der Waals surface area contributed by atoms with Crippen LogP contribution >= 0.6 is 0 Å². The predicted octanol–water partition coefficient (Wildman–Crippen LogP) is 2.50. The zero-order chi connectivity index (χ0) is 12.9. The molecule has 0 heterocycles. The van der Waals surface area contributed by atoms with Gasteiger partial charge in [-0.15, -0.1) is 0 Å². The third-order valence-corrected chi connectivity index (χ3v) is 6.44. The molecule has 0 aliphatic heterocycles. The summed E-state index contributed by atoms with van der Waals surface area (Å²) in [7, 11) is -2.91. The molecule has 17 heavy (non-hydrogen) atoms. The van der Waals surface area contributed by atoms with E-state index < -0.39 is 9.84 Å². The molecule has 1 fully saturated rings. The van der Waals surface area contributed by atoms with Crippen LogP contribution in [0.15, 0.2) is 0 Å². The normalized spacial score (nSPS) is 21.4. The van der Waals surface area contributed by atoms with Crippen LogP contribution in [0.5, 0.6) is 0 Å². The molecule has 0 aromatic heterocycles. The molecule has 1 aliphatic carbocycles. The van der Waals surface area contributed by atoms with Crippen molar-refractivity contribution >= 4 is 9.84 Å². The zero-order valence-electron chi connectivity index (χ0n) is 11.2. The van der Waals surface area contributed by atoms with Gasteiger partial charge >= 0.3 is 0 Å². The van der Waals surface area contributed by atoms with E-state index in [1.807, 2.05) is 0 Å². The Bertz CT molecular complexity index is 314. The van der Waals surface area contributed by atoms with Gasteiger partial charge in [0.1, 0.15) is 0 Å². The molecule has 0 aromatic rings. The Kier molecular flexibility index (Phi) is 5.45. The van der Waals surface area contributed by atoms with Gasteiger partial charge in [-0.05, 0) is 45.1 Å². The highest BCUT2D eigenvalue weighted by molar-refractivity contribution is 7.91. The molecule has 0 amide bonds. The molecule has 0 atom stereocenters. The van der Waals surface area contributed by atoms with Crippen molar-refractivity contribution in [1.29, 1.82) is 0 Å². The molecule has 0 unspecified atom stereocenters. The second-order valence-corrected chi connectivity index (χ2v) is 8.46. The molecule has 4 heteroatoms. The summed E-state index contributed by atoms with van der Waals surface area (Å²) in [6.45, 7) is 4.16. The van der Waals surface area contributed by atoms with Gasteiger partial charge in [0.25, 0.3) is 0 Å². The van der Waals surface area contributed by atoms with Crippen molar-refractivity contribution < 1.29 is 8.42 Å². The van der Waals surface area contributed by atoms with E-state index in [0.717, 1.165) is 19.3 Å². The van der Waals surface area contributed by atoms with Gasteiger partial charge in [-0.3, -0.25) is 0 Å². The molecule has 3 nitrogen and oxygen atoms in total. The van der Waals surface area contributed by atoms with Crippen molar-refractivity contribution in [3.05, 3.63) is 0 Å². The molecule has 0 saturated heterocycles. The topological polar surface area (TPSA) is 60.2 Å². The smallest absolute Gasteiger partial charge is 0.152 e. The van der Waals surface area contributed by atoms with Crippen molar-refractivity contribution in [1.82, 2.24) is 0 Å². The molecular formula is C13H27NO2S. The van der Waals surface area contributed by atoms with Gasteiger partial charge < -0.3 is 5.73 Å². The lowest BCUT2D eigenvalue weighted by molar-refractivity contribution is 0.245. The fraction of sp³-hybridized carbons (Fsp3) is 1.00. The Hall–Kier alpha value is -0.0900. The summed E-state index contributed by atoms with van der Waals surface area (Å²) >= 11 is 0. The van der Waals surface area contributed by atoms with Crippen LogP contribution in [0.4, 0.5) is 0 Å². The Balaban J connectivity index is 2.62. The minimum atomic E-state index is -2.91. The van der Waals surface area contributed by atoms with E-state index in [1.165, 1.54) is 25.7 Å². The Morgan fingerprint density at radius 3 is 2.06 bits per heavy atom. The molecule has 0 radical (unpaired) electrons. The monoisotopic (exact) mass is 261 g/mol. The Morgan fingerprint density at radius 1 is 1.12 bits per heavy atom. The summed E-state index contributed by atoms with van der Waals surface area (Å²) in [5.41, 5.74) is 6.01. The highest BCUT2D eigenvalue weighted by Gasteiger charge is 2.31. The number of sulfone groups is 1. The van der Waals surface area contributed by atoms with Crippen LogP contribution in [-0.4, -0.2) is 26.0 Å². The van der Waals surface area contributed by atoms with Gasteiger partial charge in [0, 0.05) is 0 Å². The van der Waals surface area contributed by atoms with E-state index >= 15 is 0 Å². The third-order valence-electron chi connectivity index (χ3n) is 4.23. The fourth-order valence-corrected chi connectivity index (χ4v) is 3.82. The molecule has 0 spiro atoms. The van der Waals surface area contributed by atoms with E-state index in [0.29, 0.717) is 12.3 Å². The molecule has 1 saturated carbocycles. The van der Waals surface area contributed by atoms with Crippen molar-refractivity contribution in [3.8, 4) is 0 Å². The van der Waals surface area contributed by atoms with Gasteiger partial charge in [0.2, 0.25) is 0 Å². The largest absolute Gasteiger partial charge is 0.330 e. The van der Waals surface area contributed by atoms with Crippen molar-refractivity contribution in [2.45, 2.75) is 64.0 Å². The fourth-order valence-electron chi connectivity index (χ4n) is 2.63. The number of nitrogens with two attached hydrogens (primary N) is 1. The lowest BCUT2D eigenvalue weighted by Gasteiger charge is -2.31. The highest BCUT2D eigenvalue weighted by Crippen LogP contribution is 2.37. The van der Waals surface area contributed by atoms with Crippen molar-refractivity contribution in [2.24, 2.45) is 11.1 Å². The lowest BCUT2D eigenvalue weighted by Crippen LogP contribution is -2.33. The molecule has 2 N–H and O–H groups in total. The molecule has 102 valence electrons. The predicted molar refractivity (Wildman–Crippen MR) is 72.7 cm³/mol. The average molecular weight is 261 g/mol. The van der Waals surface area contributed by atoms with Crippen LogP contribution in [0.1, 0.15) is 58.8 Å². The number of hydrogen-bond acceptors (Lipinski definition) is 3. The summed E-state index contributed by atoms with van der Waals surface area (Å²) in [5.74, 6) is 0.307. The van der Waals surface area contributed by atoms with E-state index in [4.69, 9.17) is 5.73 Å². The summed E-state index contributed by atoms with van der Waals surface area (Å²) in [4.78, 5) is 0. The number of hydrogen-bond donors (Lipinski definition) is 1. The first-order chi connectivity index (χ1) is 7.92. The van der Waals surface area contributed by atoms with Gasteiger partial charge in [0.15, 0.2) is 9.84 Å².